The minimum absolute atomic E-state index is 0.0588. The molecule has 0 saturated heterocycles. The highest BCUT2D eigenvalue weighted by atomic mass is 16.5. The maximum Gasteiger partial charge on any atom is 0.127 e. The zero-order valence-electron chi connectivity index (χ0n) is 12.1. The van der Waals surface area contributed by atoms with E-state index in [2.05, 4.69) is 39.0 Å². The molecule has 0 atom stereocenters. The quantitative estimate of drug-likeness (QED) is 0.725. The van der Waals surface area contributed by atoms with E-state index in [-0.39, 0.29) is 5.41 Å². The molecule has 0 radical (unpaired) electrons. The van der Waals surface area contributed by atoms with Crippen molar-refractivity contribution in [3.05, 3.63) is 34.9 Å². The van der Waals surface area contributed by atoms with E-state index in [1.165, 1.54) is 5.56 Å². The first-order chi connectivity index (χ1) is 8.31. The van der Waals surface area contributed by atoms with E-state index in [1.54, 1.807) is 7.11 Å². The lowest BCUT2D eigenvalue weighted by molar-refractivity contribution is 0.413. The van der Waals surface area contributed by atoms with Crippen LogP contribution in [0.5, 0.6) is 5.75 Å². The average molecular weight is 243 g/mol. The van der Waals surface area contributed by atoms with Gasteiger partial charge >= 0.3 is 0 Å². The highest BCUT2D eigenvalue weighted by Crippen LogP contribution is 2.33. The highest BCUT2D eigenvalue weighted by molar-refractivity contribution is 5.82. The molecule has 0 amide bonds. The number of rotatable bonds is 2. The van der Waals surface area contributed by atoms with Gasteiger partial charge in [-0.1, -0.05) is 32.4 Å². The summed E-state index contributed by atoms with van der Waals surface area (Å²) in [4.78, 5) is 0. The van der Waals surface area contributed by atoms with Crippen molar-refractivity contribution in [3.63, 3.8) is 0 Å². The monoisotopic (exact) mass is 243 g/mol. The maximum absolute atomic E-state index is 9.30. The molecule has 0 aliphatic carbocycles. The SMILES string of the molecule is COc1ccc(C(C)(C)C)cc1C(C#N)=C(C)C. The van der Waals surface area contributed by atoms with Crippen LogP contribution in [0.25, 0.3) is 5.57 Å². The van der Waals surface area contributed by atoms with Crippen LogP contribution in [0.1, 0.15) is 45.7 Å². The molecule has 0 heterocycles. The summed E-state index contributed by atoms with van der Waals surface area (Å²) in [6, 6.07) is 8.33. The van der Waals surface area contributed by atoms with E-state index in [0.29, 0.717) is 5.57 Å². The summed E-state index contributed by atoms with van der Waals surface area (Å²) in [5, 5.41) is 9.30. The molecule has 0 saturated carbocycles. The Hall–Kier alpha value is -1.75. The van der Waals surface area contributed by atoms with Crippen molar-refractivity contribution in [1.29, 1.82) is 5.26 Å². The zero-order chi connectivity index (χ0) is 13.9. The Bertz CT molecular complexity index is 509. The van der Waals surface area contributed by atoms with E-state index in [0.717, 1.165) is 16.9 Å². The second kappa shape index (κ2) is 5.27. The molecule has 18 heavy (non-hydrogen) atoms. The molecule has 1 aromatic carbocycles. The summed E-state index contributed by atoms with van der Waals surface area (Å²) in [5.74, 6) is 0.751. The van der Waals surface area contributed by atoms with E-state index < -0.39 is 0 Å². The Morgan fingerprint density at radius 2 is 1.83 bits per heavy atom. The molecule has 0 unspecified atom stereocenters. The van der Waals surface area contributed by atoms with Gasteiger partial charge in [0.1, 0.15) is 5.75 Å². The molecule has 0 aliphatic heterocycles. The first kappa shape index (κ1) is 14.3. The summed E-state index contributed by atoms with van der Waals surface area (Å²) in [6.45, 7) is 10.4. The van der Waals surface area contributed by atoms with Gasteiger partial charge < -0.3 is 4.74 Å². The van der Waals surface area contributed by atoms with Crippen molar-refractivity contribution >= 4 is 5.57 Å². The first-order valence-electron chi connectivity index (χ1n) is 6.07. The normalized spacial score (nSPS) is 10.7. The molecule has 0 fully saturated rings. The van der Waals surface area contributed by atoms with Gasteiger partial charge in [0.25, 0.3) is 0 Å². The maximum atomic E-state index is 9.30. The Balaban J connectivity index is 3.51. The molecule has 96 valence electrons. The molecular weight excluding hydrogens is 222 g/mol. The fourth-order valence-corrected chi connectivity index (χ4v) is 1.81. The second-order valence-corrected chi connectivity index (χ2v) is 5.65. The molecule has 0 aliphatic rings. The molecule has 0 N–H and O–H groups in total. The van der Waals surface area contributed by atoms with Gasteiger partial charge in [-0.3, -0.25) is 0 Å². The van der Waals surface area contributed by atoms with Crippen LogP contribution in [0, 0.1) is 11.3 Å². The fourth-order valence-electron chi connectivity index (χ4n) is 1.81. The van der Waals surface area contributed by atoms with Gasteiger partial charge in [0.15, 0.2) is 0 Å². The largest absolute Gasteiger partial charge is 0.496 e. The topological polar surface area (TPSA) is 33.0 Å². The van der Waals surface area contributed by atoms with Crippen LogP contribution < -0.4 is 4.74 Å². The van der Waals surface area contributed by atoms with E-state index >= 15 is 0 Å². The van der Waals surface area contributed by atoms with E-state index in [4.69, 9.17) is 4.74 Å². The lowest BCUT2D eigenvalue weighted by Crippen LogP contribution is -2.11. The molecule has 2 heteroatoms. The van der Waals surface area contributed by atoms with Crippen LogP contribution in [-0.4, -0.2) is 7.11 Å². The number of benzene rings is 1. The number of methoxy groups -OCH3 is 1. The van der Waals surface area contributed by atoms with Crippen LogP contribution in [0.4, 0.5) is 0 Å². The standard InChI is InChI=1S/C16H21NO/c1-11(2)14(10-17)13-9-12(16(3,4)5)7-8-15(13)18-6/h7-9H,1-6H3. The van der Waals surface area contributed by atoms with Crippen LogP contribution in [-0.2, 0) is 5.41 Å². The average Bonchev–Trinajstić information content (AvgIpc) is 2.28. The molecule has 0 spiro atoms. The van der Waals surface area contributed by atoms with Crippen molar-refractivity contribution in [2.45, 2.75) is 40.0 Å². The minimum atomic E-state index is 0.0588. The van der Waals surface area contributed by atoms with Crippen molar-refractivity contribution in [3.8, 4) is 11.8 Å². The Kier molecular flexibility index (Phi) is 4.19. The van der Waals surface area contributed by atoms with Gasteiger partial charge in [-0.15, -0.1) is 0 Å². The van der Waals surface area contributed by atoms with E-state index in [1.807, 2.05) is 19.9 Å². The summed E-state index contributed by atoms with van der Waals surface area (Å²) in [5.41, 5.74) is 3.84. The third kappa shape index (κ3) is 2.92. The Labute approximate surface area is 110 Å². The third-order valence-corrected chi connectivity index (χ3v) is 2.95. The van der Waals surface area contributed by atoms with Crippen molar-refractivity contribution in [2.24, 2.45) is 0 Å². The molecule has 0 bridgehead atoms. The predicted molar refractivity (Wildman–Crippen MR) is 75.6 cm³/mol. The van der Waals surface area contributed by atoms with Crippen LogP contribution in [0.2, 0.25) is 0 Å². The van der Waals surface area contributed by atoms with Crippen LogP contribution in [0.3, 0.4) is 0 Å². The van der Waals surface area contributed by atoms with Crippen molar-refractivity contribution in [2.75, 3.05) is 7.11 Å². The molecule has 2 nitrogen and oxygen atoms in total. The number of nitriles is 1. The summed E-state index contributed by atoms with van der Waals surface area (Å²) < 4.78 is 5.36. The predicted octanol–water partition coefficient (Wildman–Crippen LogP) is 4.31. The number of nitrogens with zero attached hydrogens (tertiary/aromatic N) is 1. The second-order valence-electron chi connectivity index (χ2n) is 5.65. The number of allylic oxidation sites excluding steroid dienone is 2. The number of ether oxygens (including phenoxy) is 1. The summed E-state index contributed by atoms with van der Waals surface area (Å²) in [6.07, 6.45) is 0. The summed E-state index contributed by atoms with van der Waals surface area (Å²) >= 11 is 0. The molecule has 1 aromatic rings. The van der Waals surface area contributed by atoms with Gasteiger partial charge in [-0.05, 0) is 37.0 Å². The number of hydrogen-bond donors (Lipinski definition) is 0. The van der Waals surface area contributed by atoms with Gasteiger partial charge in [0.2, 0.25) is 0 Å². The zero-order valence-corrected chi connectivity index (χ0v) is 12.1. The smallest absolute Gasteiger partial charge is 0.127 e. The van der Waals surface area contributed by atoms with Crippen LogP contribution in [0.15, 0.2) is 23.8 Å². The molecule has 1 rings (SSSR count). The fraction of sp³-hybridized carbons (Fsp3) is 0.438. The van der Waals surface area contributed by atoms with Crippen LogP contribution >= 0.6 is 0 Å². The first-order valence-corrected chi connectivity index (χ1v) is 6.07. The highest BCUT2D eigenvalue weighted by Gasteiger charge is 2.17. The summed E-state index contributed by atoms with van der Waals surface area (Å²) in [7, 11) is 1.63. The number of hydrogen-bond acceptors (Lipinski definition) is 2. The van der Waals surface area contributed by atoms with E-state index in [9.17, 15) is 5.26 Å². The lowest BCUT2D eigenvalue weighted by atomic mass is 9.85. The van der Waals surface area contributed by atoms with Crippen molar-refractivity contribution in [1.82, 2.24) is 0 Å². The third-order valence-electron chi connectivity index (χ3n) is 2.95. The van der Waals surface area contributed by atoms with Gasteiger partial charge in [0, 0.05) is 5.56 Å². The van der Waals surface area contributed by atoms with Gasteiger partial charge in [0.05, 0.1) is 18.8 Å². The Morgan fingerprint density at radius 3 is 2.22 bits per heavy atom. The minimum Gasteiger partial charge on any atom is -0.496 e. The molecular formula is C16H21NO. The van der Waals surface area contributed by atoms with Gasteiger partial charge in [-0.2, -0.15) is 5.26 Å². The Morgan fingerprint density at radius 1 is 1.22 bits per heavy atom. The van der Waals surface area contributed by atoms with Gasteiger partial charge in [-0.25, -0.2) is 0 Å². The van der Waals surface area contributed by atoms with Crippen molar-refractivity contribution < 1.29 is 4.74 Å². The molecule has 0 aromatic heterocycles. The lowest BCUT2D eigenvalue weighted by Gasteiger charge is -2.21.